The molecule has 0 aromatic carbocycles. The minimum absolute atomic E-state index is 0.0316. The number of nitrogens with zero attached hydrogens (tertiary/aromatic N) is 6. The second kappa shape index (κ2) is 10.8. The van der Waals surface area contributed by atoms with Crippen molar-refractivity contribution in [1.29, 1.82) is 0 Å². The Morgan fingerprint density at radius 1 is 0.690 bits per heavy atom. The average Bonchev–Trinajstić information content (AvgIpc) is 3.05. The minimum Gasteiger partial charge on any atom is -0.468 e. The fourth-order valence-corrected chi connectivity index (χ4v) is 6.76. The molecule has 0 radical (unpaired) electrons. The topological polar surface area (TPSA) is 131 Å². The van der Waals surface area contributed by atoms with Crippen LogP contribution < -0.4 is 9.80 Å². The lowest BCUT2D eigenvalue weighted by molar-refractivity contribution is -0.201. The highest BCUT2D eigenvalue weighted by atomic mass is 16.5. The second-order valence-electron chi connectivity index (χ2n) is 10.4. The number of carbonyl (C=O) groups is 2. The third-order valence-electron chi connectivity index (χ3n) is 8.37. The maximum Gasteiger partial charge on any atom is 0.318 e. The third-order valence-corrected chi connectivity index (χ3v) is 8.37. The van der Waals surface area contributed by atoms with Gasteiger partial charge in [-0.1, -0.05) is 24.3 Å². The van der Waals surface area contributed by atoms with Crippen LogP contribution in [0.4, 0.5) is 11.6 Å². The van der Waals surface area contributed by atoms with Gasteiger partial charge in [-0.3, -0.25) is 19.6 Å². The molecule has 0 saturated carbocycles. The lowest BCUT2D eigenvalue weighted by Gasteiger charge is -2.65. The molecular weight excluding hydrogens is 536 g/mol. The van der Waals surface area contributed by atoms with Gasteiger partial charge >= 0.3 is 11.9 Å². The van der Waals surface area contributed by atoms with E-state index in [4.69, 9.17) is 9.47 Å². The van der Waals surface area contributed by atoms with E-state index in [0.717, 1.165) is 0 Å². The first-order valence-corrected chi connectivity index (χ1v) is 13.5. The van der Waals surface area contributed by atoms with Crippen LogP contribution in [0.25, 0.3) is 0 Å². The van der Waals surface area contributed by atoms with E-state index in [1.807, 2.05) is 34.1 Å². The zero-order valence-electron chi connectivity index (χ0n) is 23.1. The van der Waals surface area contributed by atoms with E-state index in [0.29, 0.717) is 23.0 Å². The summed E-state index contributed by atoms with van der Waals surface area (Å²) in [4.78, 5) is 50.8. The van der Waals surface area contributed by atoms with Crippen LogP contribution in [0.3, 0.4) is 0 Å². The summed E-state index contributed by atoms with van der Waals surface area (Å²) in [6.07, 6.45) is 4.94. The highest BCUT2D eigenvalue weighted by molar-refractivity contribution is 5.89. The first kappa shape index (κ1) is 27.3. The number of piperidine rings is 2. The van der Waals surface area contributed by atoms with Crippen LogP contribution in [-0.4, -0.2) is 70.4 Å². The summed E-state index contributed by atoms with van der Waals surface area (Å²) in [7, 11) is 2.55. The number of esters is 2. The van der Waals surface area contributed by atoms with Crippen LogP contribution in [0.1, 0.15) is 23.5 Å². The standard InChI is InChI=1S/C31H30N6O5/c1-41-28(39)30-19-36(23-13-5-9-17-34-23)20-31(27(30)38,29(40)42-2)26(22-12-4-8-16-33-22)37(24-14-6-10-18-35-24)25(30)21-11-3-7-15-32-21/h3-18,25-27,38H,19-20H2,1-2H3. The van der Waals surface area contributed by atoms with Crippen LogP contribution in [-0.2, 0) is 19.1 Å². The molecule has 6 rings (SSSR count). The van der Waals surface area contributed by atoms with Gasteiger partial charge in [-0.15, -0.1) is 0 Å². The van der Waals surface area contributed by atoms with E-state index in [1.54, 1.807) is 73.3 Å². The van der Waals surface area contributed by atoms with Crippen molar-refractivity contribution in [3.05, 3.63) is 109 Å². The van der Waals surface area contributed by atoms with Crippen molar-refractivity contribution in [2.45, 2.75) is 18.2 Å². The Balaban J connectivity index is 1.75. The van der Waals surface area contributed by atoms with Gasteiger partial charge in [0.25, 0.3) is 0 Å². The minimum atomic E-state index is -1.75. The van der Waals surface area contributed by atoms with Gasteiger partial charge in [0, 0.05) is 37.9 Å². The molecular formula is C31H30N6O5. The van der Waals surface area contributed by atoms with Crippen LogP contribution in [0.15, 0.2) is 97.6 Å². The zero-order chi connectivity index (χ0) is 29.3. The molecule has 2 fully saturated rings. The number of methoxy groups -OCH3 is 2. The number of fused-ring (bicyclic) bond motifs is 2. The maximum atomic E-state index is 14.3. The lowest BCUT2D eigenvalue weighted by Crippen LogP contribution is -2.78. The van der Waals surface area contributed by atoms with Crippen molar-refractivity contribution < 1.29 is 24.2 Å². The molecule has 2 aliphatic rings. The molecule has 214 valence electrons. The van der Waals surface area contributed by atoms with Crippen LogP contribution >= 0.6 is 0 Å². The van der Waals surface area contributed by atoms with E-state index in [-0.39, 0.29) is 13.1 Å². The number of pyridine rings is 4. The number of aliphatic hydroxyl groups excluding tert-OH is 1. The number of aliphatic hydroxyl groups is 1. The molecule has 6 heterocycles. The van der Waals surface area contributed by atoms with Crippen molar-refractivity contribution in [1.82, 2.24) is 19.9 Å². The summed E-state index contributed by atoms with van der Waals surface area (Å²) in [5, 5.41) is 12.6. The highest BCUT2D eigenvalue weighted by Gasteiger charge is 2.76. The molecule has 2 aliphatic heterocycles. The number of hydrogen-bond donors (Lipinski definition) is 1. The number of anilines is 2. The molecule has 4 aromatic rings. The highest BCUT2D eigenvalue weighted by Crippen LogP contribution is 2.63. The SMILES string of the molecule is COC(=O)C12CN(c3ccccn3)CC(C(=O)OC)(C(c3ccccn3)N(c3ccccn3)C1c1ccccn1)C2O. The van der Waals surface area contributed by atoms with Crippen molar-refractivity contribution >= 4 is 23.6 Å². The Bertz CT molecular complexity index is 1470. The van der Waals surface area contributed by atoms with E-state index in [2.05, 4.69) is 19.9 Å². The summed E-state index contributed by atoms with van der Waals surface area (Å²) in [5.41, 5.74) is -2.55. The zero-order valence-corrected chi connectivity index (χ0v) is 23.1. The van der Waals surface area contributed by atoms with E-state index < -0.39 is 41.0 Å². The van der Waals surface area contributed by atoms with Gasteiger partial charge in [0.05, 0.1) is 43.8 Å². The summed E-state index contributed by atoms with van der Waals surface area (Å²) in [6.45, 7) is -0.0633. The van der Waals surface area contributed by atoms with Gasteiger partial charge in [0.2, 0.25) is 0 Å². The first-order chi connectivity index (χ1) is 20.5. The van der Waals surface area contributed by atoms with Crippen molar-refractivity contribution in [2.24, 2.45) is 10.8 Å². The molecule has 0 amide bonds. The van der Waals surface area contributed by atoms with Gasteiger partial charge in [-0.2, -0.15) is 0 Å². The van der Waals surface area contributed by atoms with Gasteiger partial charge in [0.15, 0.2) is 0 Å². The quantitative estimate of drug-likeness (QED) is 0.346. The van der Waals surface area contributed by atoms with Gasteiger partial charge in [-0.25, -0.2) is 9.97 Å². The molecule has 2 saturated heterocycles. The Labute approximate surface area is 242 Å². The van der Waals surface area contributed by atoms with E-state index >= 15 is 0 Å². The fraction of sp³-hybridized carbons (Fsp3) is 0.290. The Hall–Kier alpha value is -4.90. The number of aromatic nitrogens is 4. The normalized spacial score (nSPS) is 26.8. The molecule has 0 spiro atoms. The number of ether oxygens (including phenoxy) is 2. The molecule has 4 unspecified atom stereocenters. The Morgan fingerprint density at radius 3 is 1.50 bits per heavy atom. The summed E-state index contributed by atoms with van der Waals surface area (Å²) in [5.74, 6) is -0.430. The van der Waals surface area contributed by atoms with Gasteiger partial charge in [0.1, 0.15) is 22.5 Å². The average molecular weight is 567 g/mol. The van der Waals surface area contributed by atoms with Gasteiger partial charge in [-0.05, 0) is 48.5 Å². The summed E-state index contributed by atoms with van der Waals surface area (Å²) >= 11 is 0. The molecule has 0 aliphatic carbocycles. The van der Waals surface area contributed by atoms with Crippen LogP contribution in [0.2, 0.25) is 0 Å². The smallest absolute Gasteiger partial charge is 0.318 e. The Morgan fingerprint density at radius 2 is 1.12 bits per heavy atom. The monoisotopic (exact) mass is 566 g/mol. The Kier molecular flexibility index (Phi) is 7.03. The number of carbonyl (C=O) groups excluding carboxylic acids is 2. The lowest BCUT2D eigenvalue weighted by atomic mass is 9.53. The molecule has 11 heteroatoms. The van der Waals surface area contributed by atoms with Crippen molar-refractivity contribution in [3.8, 4) is 0 Å². The molecule has 42 heavy (non-hydrogen) atoms. The largest absolute Gasteiger partial charge is 0.468 e. The van der Waals surface area contributed by atoms with Crippen molar-refractivity contribution in [2.75, 3.05) is 37.1 Å². The predicted molar refractivity (Wildman–Crippen MR) is 152 cm³/mol. The molecule has 11 nitrogen and oxygen atoms in total. The van der Waals surface area contributed by atoms with E-state index in [1.165, 1.54) is 14.2 Å². The maximum absolute atomic E-state index is 14.3. The number of hydrogen-bond acceptors (Lipinski definition) is 11. The molecule has 1 N–H and O–H groups in total. The van der Waals surface area contributed by atoms with Crippen molar-refractivity contribution in [3.63, 3.8) is 0 Å². The first-order valence-electron chi connectivity index (χ1n) is 13.5. The summed E-state index contributed by atoms with van der Waals surface area (Å²) < 4.78 is 10.9. The fourth-order valence-electron chi connectivity index (χ4n) is 6.76. The predicted octanol–water partition coefficient (Wildman–Crippen LogP) is 2.77. The second-order valence-corrected chi connectivity index (χ2v) is 10.4. The van der Waals surface area contributed by atoms with E-state index in [9.17, 15) is 14.7 Å². The molecule has 2 bridgehead atoms. The molecule has 4 atom stereocenters. The number of rotatable bonds is 6. The third kappa shape index (κ3) is 3.99. The summed E-state index contributed by atoms with van der Waals surface area (Å²) in [6, 6.07) is 19.7. The van der Waals surface area contributed by atoms with Crippen LogP contribution in [0, 0.1) is 10.8 Å². The molecule has 4 aromatic heterocycles. The van der Waals surface area contributed by atoms with Gasteiger partial charge < -0.3 is 24.4 Å². The van der Waals surface area contributed by atoms with Crippen LogP contribution in [0.5, 0.6) is 0 Å².